The van der Waals surface area contributed by atoms with Crippen molar-refractivity contribution in [3.8, 4) is 22.5 Å². The van der Waals surface area contributed by atoms with E-state index in [4.69, 9.17) is 14.8 Å². The van der Waals surface area contributed by atoms with Gasteiger partial charge < -0.3 is 14.7 Å². The highest BCUT2D eigenvalue weighted by atomic mass is 16.5. The Morgan fingerprint density at radius 1 is 1.06 bits per heavy atom. The maximum absolute atomic E-state index is 13.0. The number of pyridine rings is 2. The molecular weight excluding hydrogens is 442 g/mol. The van der Waals surface area contributed by atoms with E-state index in [9.17, 15) is 9.90 Å². The van der Waals surface area contributed by atoms with Crippen molar-refractivity contribution in [3.63, 3.8) is 0 Å². The van der Waals surface area contributed by atoms with Gasteiger partial charge in [0.1, 0.15) is 16.9 Å². The molecule has 4 heterocycles. The van der Waals surface area contributed by atoms with Crippen LogP contribution in [-0.4, -0.2) is 62.0 Å². The van der Waals surface area contributed by atoms with Gasteiger partial charge in [0.05, 0.1) is 30.0 Å². The van der Waals surface area contributed by atoms with Gasteiger partial charge in [0.2, 0.25) is 0 Å². The first-order chi connectivity index (χ1) is 16.8. The lowest BCUT2D eigenvalue weighted by Gasteiger charge is -2.26. The Morgan fingerprint density at radius 2 is 1.77 bits per heavy atom. The van der Waals surface area contributed by atoms with E-state index in [1.807, 2.05) is 54.1 Å². The molecule has 3 aromatic heterocycles. The van der Waals surface area contributed by atoms with Crippen molar-refractivity contribution in [1.29, 1.82) is 0 Å². The Bertz CT molecular complexity index is 1370. The van der Waals surface area contributed by atoms with E-state index in [1.54, 1.807) is 31.0 Å². The summed E-state index contributed by atoms with van der Waals surface area (Å²) < 4.78 is 7.28. The molecule has 1 aliphatic rings. The number of amides is 1. The molecule has 8 heteroatoms. The summed E-state index contributed by atoms with van der Waals surface area (Å²) in [5, 5.41) is 15.1. The van der Waals surface area contributed by atoms with Gasteiger partial charge in [-0.2, -0.15) is 5.10 Å². The minimum Gasteiger partial charge on any atom is -0.386 e. The number of carbonyl (C=O) groups excluding carboxylic acids is 1. The van der Waals surface area contributed by atoms with Gasteiger partial charge >= 0.3 is 0 Å². The fourth-order valence-corrected chi connectivity index (χ4v) is 4.31. The van der Waals surface area contributed by atoms with Crippen LogP contribution in [-0.2, 0) is 16.9 Å². The summed E-state index contributed by atoms with van der Waals surface area (Å²) in [5.74, 6) is -0.0847. The second-order valence-corrected chi connectivity index (χ2v) is 9.20. The molecule has 4 aromatic rings. The Balaban J connectivity index is 1.51. The molecule has 1 aliphatic heterocycles. The number of ether oxygens (including phenoxy) is 1. The first kappa shape index (κ1) is 23.1. The van der Waals surface area contributed by atoms with E-state index in [1.165, 1.54) is 0 Å². The van der Waals surface area contributed by atoms with Gasteiger partial charge in [0.15, 0.2) is 0 Å². The number of hydrogen-bond acceptors (Lipinski definition) is 6. The van der Waals surface area contributed by atoms with Crippen LogP contribution in [0.5, 0.6) is 0 Å². The van der Waals surface area contributed by atoms with Crippen LogP contribution in [0.15, 0.2) is 54.7 Å². The number of aromatic nitrogens is 4. The molecule has 1 fully saturated rings. The largest absolute Gasteiger partial charge is 0.386 e. The molecule has 35 heavy (non-hydrogen) atoms. The van der Waals surface area contributed by atoms with Crippen molar-refractivity contribution in [1.82, 2.24) is 24.6 Å². The maximum Gasteiger partial charge on any atom is 0.272 e. The van der Waals surface area contributed by atoms with Crippen molar-refractivity contribution >= 4 is 16.9 Å². The Kier molecular flexibility index (Phi) is 6.08. The molecule has 0 unspecified atom stereocenters. The zero-order valence-electron chi connectivity index (χ0n) is 20.2. The van der Waals surface area contributed by atoms with Crippen LogP contribution in [0.1, 0.15) is 36.8 Å². The fraction of sp³-hybridized carbons (Fsp3) is 0.333. The van der Waals surface area contributed by atoms with Crippen LogP contribution in [0.25, 0.3) is 33.5 Å². The van der Waals surface area contributed by atoms with Crippen LogP contribution in [0, 0.1) is 0 Å². The topological polar surface area (TPSA) is 93.4 Å². The summed E-state index contributed by atoms with van der Waals surface area (Å²) in [4.78, 5) is 24.0. The van der Waals surface area contributed by atoms with Gasteiger partial charge in [-0.25, -0.2) is 4.98 Å². The zero-order chi connectivity index (χ0) is 24.6. The van der Waals surface area contributed by atoms with Gasteiger partial charge in [-0.15, -0.1) is 0 Å². The van der Waals surface area contributed by atoms with Crippen molar-refractivity contribution in [2.45, 2.75) is 32.9 Å². The molecule has 0 spiro atoms. The number of rotatable bonds is 5. The molecule has 0 bridgehead atoms. The highest BCUT2D eigenvalue weighted by Crippen LogP contribution is 2.30. The molecule has 0 radical (unpaired) electrons. The standard InChI is InChI=1S/C27H29N5O3/c1-4-32-23-10-9-21(26(33)31-13-15-35-16-14-31)29-25(23)24(30-32)19-7-5-18(6-8-19)22-17-20(11-12-28-22)27(2,3)34/h5-12,17,34H,4,13-16H2,1-3H3. The summed E-state index contributed by atoms with van der Waals surface area (Å²) in [6, 6.07) is 15.4. The predicted molar refractivity (Wildman–Crippen MR) is 134 cm³/mol. The Labute approximate surface area is 204 Å². The summed E-state index contributed by atoms with van der Waals surface area (Å²) in [6.45, 7) is 8.49. The van der Waals surface area contributed by atoms with Crippen LogP contribution < -0.4 is 0 Å². The lowest BCUT2D eigenvalue weighted by molar-refractivity contribution is 0.0299. The molecule has 5 rings (SSSR count). The van der Waals surface area contributed by atoms with Crippen LogP contribution in [0.2, 0.25) is 0 Å². The highest BCUT2D eigenvalue weighted by molar-refractivity contribution is 5.97. The molecule has 8 nitrogen and oxygen atoms in total. The lowest BCUT2D eigenvalue weighted by atomic mass is 9.97. The lowest BCUT2D eigenvalue weighted by Crippen LogP contribution is -2.41. The Hall–Kier alpha value is -3.62. The van der Waals surface area contributed by atoms with E-state index in [2.05, 4.69) is 4.98 Å². The number of benzene rings is 1. The fourth-order valence-electron chi connectivity index (χ4n) is 4.31. The smallest absolute Gasteiger partial charge is 0.272 e. The first-order valence-electron chi connectivity index (χ1n) is 11.9. The third-order valence-electron chi connectivity index (χ3n) is 6.33. The first-order valence-corrected chi connectivity index (χ1v) is 11.9. The molecule has 0 atom stereocenters. The number of fused-ring (bicyclic) bond motifs is 1. The van der Waals surface area contributed by atoms with Crippen LogP contribution in [0.3, 0.4) is 0 Å². The van der Waals surface area contributed by atoms with E-state index in [-0.39, 0.29) is 5.91 Å². The SMILES string of the molecule is CCn1nc(-c2ccc(-c3cc(C(C)(C)O)ccn3)cc2)c2nc(C(=O)N3CCOCC3)ccc21. The van der Waals surface area contributed by atoms with Gasteiger partial charge in [-0.05, 0) is 50.6 Å². The van der Waals surface area contributed by atoms with Crippen LogP contribution >= 0.6 is 0 Å². The van der Waals surface area contributed by atoms with E-state index < -0.39 is 5.60 Å². The van der Waals surface area contributed by atoms with E-state index in [0.717, 1.165) is 33.6 Å². The van der Waals surface area contributed by atoms with E-state index >= 15 is 0 Å². The van der Waals surface area contributed by atoms with Crippen molar-refractivity contribution in [2.24, 2.45) is 0 Å². The number of aryl methyl sites for hydroxylation is 1. The molecule has 1 amide bonds. The summed E-state index contributed by atoms with van der Waals surface area (Å²) in [5.41, 5.74) is 5.26. The summed E-state index contributed by atoms with van der Waals surface area (Å²) >= 11 is 0. The number of aliphatic hydroxyl groups is 1. The normalized spacial score (nSPS) is 14.5. The molecule has 1 N–H and O–H groups in total. The average molecular weight is 472 g/mol. The minimum atomic E-state index is -0.939. The Morgan fingerprint density at radius 3 is 2.46 bits per heavy atom. The quantitative estimate of drug-likeness (QED) is 0.475. The molecule has 1 saturated heterocycles. The van der Waals surface area contributed by atoms with Gasteiger partial charge in [-0.1, -0.05) is 24.3 Å². The molecule has 0 aliphatic carbocycles. The highest BCUT2D eigenvalue weighted by Gasteiger charge is 2.22. The van der Waals surface area contributed by atoms with Crippen molar-refractivity contribution < 1.29 is 14.6 Å². The summed E-state index contributed by atoms with van der Waals surface area (Å²) in [6.07, 6.45) is 1.71. The van der Waals surface area contributed by atoms with Gasteiger partial charge in [0.25, 0.3) is 5.91 Å². The number of morpholine rings is 1. The van der Waals surface area contributed by atoms with E-state index in [0.29, 0.717) is 44.1 Å². The molecule has 0 saturated carbocycles. The van der Waals surface area contributed by atoms with Crippen LogP contribution in [0.4, 0.5) is 0 Å². The zero-order valence-corrected chi connectivity index (χ0v) is 20.2. The van der Waals surface area contributed by atoms with Crippen molar-refractivity contribution in [2.75, 3.05) is 26.3 Å². The predicted octanol–water partition coefficient (Wildman–Crippen LogP) is 3.88. The monoisotopic (exact) mass is 471 g/mol. The molecule has 180 valence electrons. The summed E-state index contributed by atoms with van der Waals surface area (Å²) in [7, 11) is 0. The van der Waals surface area contributed by atoms with Gasteiger partial charge in [0, 0.05) is 37.0 Å². The second-order valence-electron chi connectivity index (χ2n) is 9.20. The van der Waals surface area contributed by atoms with Crippen molar-refractivity contribution in [3.05, 3.63) is 66.0 Å². The number of nitrogens with zero attached hydrogens (tertiary/aromatic N) is 5. The minimum absolute atomic E-state index is 0.0847. The van der Waals surface area contributed by atoms with Gasteiger partial charge in [-0.3, -0.25) is 14.5 Å². The molecule has 1 aromatic carbocycles. The number of carbonyl (C=O) groups is 1. The molecular formula is C27H29N5O3. The maximum atomic E-state index is 13.0. The third-order valence-corrected chi connectivity index (χ3v) is 6.33. The second kappa shape index (κ2) is 9.20. The third kappa shape index (κ3) is 4.54. The average Bonchev–Trinajstić information content (AvgIpc) is 3.26. The number of hydrogen-bond donors (Lipinski definition) is 1.